The Morgan fingerprint density at radius 1 is 1.60 bits per heavy atom. The first-order valence-electron chi connectivity index (χ1n) is 2.99. The third-order valence-electron chi connectivity index (χ3n) is 1.23. The van der Waals surface area contributed by atoms with Gasteiger partial charge in [0.25, 0.3) is 0 Å². The molecule has 0 aliphatic rings. The van der Waals surface area contributed by atoms with E-state index >= 15 is 0 Å². The van der Waals surface area contributed by atoms with E-state index in [4.69, 9.17) is 5.11 Å². The van der Waals surface area contributed by atoms with Crippen molar-refractivity contribution in [3.8, 4) is 0 Å². The molecule has 1 rings (SSSR count). The van der Waals surface area contributed by atoms with E-state index < -0.39 is 12.1 Å². The van der Waals surface area contributed by atoms with Gasteiger partial charge in [-0.05, 0) is 18.6 Å². The van der Waals surface area contributed by atoms with Crippen LogP contribution in [0.5, 0.6) is 0 Å². The van der Waals surface area contributed by atoms with E-state index in [2.05, 4.69) is 4.98 Å². The maximum absolute atomic E-state index is 12.2. The van der Waals surface area contributed by atoms with Gasteiger partial charge >= 0.3 is 0 Å². The Morgan fingerprint density at radius 3 is 2.70 bits per heavy atom. The van der Waals surface area contributed by atoms with Crippen LogP contribution in [0, 0.1) is 5.95 Å². The monoisotopic (exact) mass is 141 g/mol. The molecule has 1 aromatic heterocycles. The van der Waals surface area contributed by atoms with Gasteiger partial charge in [0, 0.05) is 6.20 Å². The highest BCUT2D eigenvalue weighted by Crippen LogP contribution is 2.09. The molecule has 3 heteroatoms. The molecule has 1 N–H and O–H groups in total. The summed E-state index contributed by atoms with van der Waals surface area (Å²) in [4.78, 5) is 3.37. The third-order valence-corrected chi connectivity index (χ3v) is 1.23. The largest absolute Gasteiger partial charge is 0.389 e. The van der Waals surface area contributed by atoms with Gasteiger partial charge in [0.2, 0.25) is 5.95 Å². The molecular weight excluding hydrogens is 133 g/mol. The van der Waals surface area contributed by atoms with Crippen molar-refractivity contribution in [2.24, 2.45) is 0 Å². The Kier molecular flexibility index (Phi) is 1.97. The average Bonchev–Trinajstić information content (AvgIpc) is 1.88. The lowest BCUT2D eigenvalue weighted by atomic mass is 10.2. The normalized spacial score (nSPS) is 13.1. The van der Waals surface area contributed by atoms with Crippen LogP contribution in [0.2, 0.25) is 0 Å². The van der Waals surface area contributed by atoms with E-state index in [9.17, 15) is 4.39 Å². The summed E-state index contributed by atoms with van der Waals surface area (Å²) in [7, 11) is 0. The summed E-state index contributed by atoms with van der Waals surface area (Å²) < 4.78 is 12.2. The van der Waals surface area contributed by atoms with Crippen LogP contribution < -0.4 is 0 Å². The zero-order chi connectivity index (χ0) is 7.56. The summed E-state index contributed by atoms with van der Waals surface area (Å²) in [6.07, 6.45) is 0.744. The first-order valence-corrected chi connectivity index (χ1v) is 2.99. The number of aliphatic hydroxyl groups is 1. The summed E-state index contributed by atoms with van der Waals surface area (Å²) in [5.74, 6) is -0.524. The first kappa shape index (κ1) is 7.15. The number of nitrogens with zero attached hydrogens (tertiary/aromatic N) is 1. The highest BCUT2D eigenvalue weighted by atomic mass is 19.1. The van der Waals surface area contributed by atoms with Gasteiger partial charge in [0.05, 0.1) is 6.10 Å². The minimum absolute atomic E-state index is 0.524. The summed E-state index contributed by atoms with van der Waals surface area (Å²) in [5, 5.41) is 8.95. The second-order valence-electron chi connectivity index (χ2n) is 2.09. The highest BCUT2D eigenvalue weighted by Gasteiger charge is 1.99. The second kappa shape index (κ2) is 2.75. The molecule has 0 aromatic carbocycles. The Balaban J connectivity index is 2.89. The first-order chi connectivity index (χ1) is 4.70. The van der Waals surface area contributed by atoms with Gasteiger partial charge < -0.3 is 5.11 Å². The molecule has 0 saturated heterocycles. The van der Waals surface area contributed by atoms with Gasteiger partial charge in [0.15, 0.2) is 0 Å². The Bertz CT molecular complexity index is 207. The van der Waals surface area contributed by atoms with Crippen molar-refractivity contribution >= 4 is 0 Å². The zero-order valence-electron chi connectivity index (χ0n) is 5.58. The number of hydrogen-bond donors (Lipinski definition) is 1. The lowest BCUT2D eigenvalue weighted by molar-refractivity contribution is 0.198. The molecule has 2 nitrogen and oxygen atoms in total. The molecule has 0 radical (unpaired) electrons. The molecule has 0 amide bonds. The molecule has 10 heavy (non-hydrogen) atoms. The molecular formula is C7H8FNO. The van der Waals surface area contributed by atoms with Crippen molar-refractivity contribution < 1.29 is 9.50 Å². The number of rotatable bonds is 1. The van der Waals surface area contributed by atoms with E-state index in [1.807, 2.05) is 0 Å². The van der Waals surface area contributed by atoms with Gasteiger partial charge in [-0.3, -0.25) is 0 Å². The maximum atomic E-state index is 12.2. The number of pyridine rings is 1. The molecule has 0 saturated carbocycles. The molecule has 1 heterocycles. The second-order valence-corrected chi connectivity index (χ2v) is 2.09. The molecule has 0 aliphatic carbocycles. The van der Waals surface area contributed by atoms with Crippen LogP contribution >= 0.6 is 0 Å². The van der Waals surface area contributed by atoms with Crippen LogP contribution in [0.25, 0.3) is 0 Å². The molecule has 0 spiro atoms. The van der Waals surface area contributed by atoms with Crippen molar-refractivity contribution in [3.05, 3.63) is 29.8 Å². The van der Waals surface area contributed by atoms with Crippen LogP contribution in [-0.4, -0.2) is 10.1 Å². The maximum Gasteiger partial charge on any atom is 0.212 e. The predicted octanol–water partition coefficient (Wildman–Crippen LogP) is 1.27. The van der Waals surface area contributed by atoms with Gasteiger partial charge in [-0.2, -0.15) is 4.39 Å². The SMILES string of the molecule is C[C@@H](O)c1ccc(F)nc1. The fraction of sp³-hybridized carbons (Fsp3) is 0.286. The molecule has 54 valence electrons. The van der Waals surface area contributed by atoms with Crippen molar-refractivity contribution in [1.29, 1.82) is 0 Å². The lowest BCUT2D eigenvalue weighted by Gasteiger charge is -2.01. The quantitative estimate of drug-likeness (QED) is 0.597. The smallest absolute Gasteiger partial charge is 0.212 e. The summed E-state index contributed by atoms with van der Waals surface area (Å²) in [6, 6.07) is 2.73. The number of aromatic nitrogens is 1. The predicted molar refractivity (Wildman–Crippen MR) is 34.8 cm³/mol. The minimum Gasteiger partial charge on any atom is -0.389 e. The minimum atomic E-state index is -0.576. The Hall–Kier alpha value is -0.960. The van der Waals surface area contributed by atoms with Gasteiger partial charge in [-0.25, -0.2) is 4.98 Å². The molecule has 0 bridgehead atoms. The lowest BCUT2D eigenvalue weighted by Crippen LogP contribution is -1.92. The Labute approximate surface area is 58.3 Å². The van der Waals surface area contributed by atoms with Crippen molar-refractivity contribution in [2.75, 3.05) is 0 Å². The third kappa shape index (κ3) is 1.51. The van der Waals surface area contributed by atoms with Crippen molar-refractivity contribution in [1.82, 2.24) is 4.98 Å². The number of aliphatic hydroxyl groups excluding tert-OH is 1. The number of hydrogen-bond acceptors (Lipinski definition) is 2. The topological polar surface area (TPSA) is 33.1 Å². The van der Waals surface area contributed by atoms with Crippen LogP contribution in [0.4, 0.5) is 4.39 Å². The molecule has 0 aliphatic heterocycles. The van der Waals surface area contributed by atoms with Crippen molar-refractivity contribution in [3.63, 3.8) is 0 Å². The van der Waals surface area contributed by atoms with Gasteiger partial charge in [-0.15, -0.1) is 0 Å². The average molecular weight is 141 g/mol. The fourth-order valence-corrected chi connectivity index (χ4v) is 0.634. The van der Waals surface area contributed by atoms with E-state index in [1.165, 1.54) is 18.3 Å². The molecule has 1 atom stereocenters. The van der Waals surface area contributed by atoms with Crippen LogP contribution in [0.3, 0.4) is 0 Å². The molecule has 1 aromatic rings. The molecule has 0 unspecified atom stereocenters. The number of halogens is 1. The van der Waals surface area contributed by atoms with E-state index in [1.54, 1.807) is 6.92 Å². The van der Waals surface area contributed by atoms with Gasteiger partial charge in [-0.1, -0.05) is 6.07 Å². The standard InChI is InChI=1S/C7H8FNO/c1-5(10)6-2-3-7(8)9-4-6/h2-5,10H,1H3/t5-/m1/s1. The van der Waals surface area contributed by atoms with Crippen LogP contribution in [-0.2, 0) is 0 Å². The van der Waals surface area contributed by atoms with Crippen molar-refractivity contribution in [2.45, 2.75) is 13.0 Å². The van der Waals surface area contributed by atoms with Crippen LogP contribution in [0.15, 0.2) is 18.3 Å². The zero-order valence-corrected chi connectivity index (χ0v) is 5.58. The summed E-state index contributed by atoms with van der Waals surface area (Å²) in [6.45, 7) is 1.61. The van der Waals surface area contributed by atoms with Crippen LogP contribution in [0.1, 0.15) is 18.6 Å². The fourth-order valence-electron chi connectivity index (χ4n) is 0.634. The summed E-state index contributed by atoms with van der Waals surface area (Å²) in [5.41, 5.74) is 0.626. The van der Waals surface area contributed by atoms with E-state index in [0.29, 0.717) is 5.56 Å². The summed E-state index contributed by atoms with van der Waals surface area (Å²) >= 11 is 0. The van der Waals surface area contributed by atoms with Gasteiger partial charge in [0.1, 0.15) is 0 Å². The highest BCUT2D eigenvalue weighted by molar-refractivity contribution is 5.11. The molecule has 0 fully saturated rings. The Morgan fingerprint density at radius 2 is 2.30 bits per heavy atom. The van der Waals surface area contributed by atoms with E-state index in [-0.39, 0.29) is 0 Å². The van der Waals surface area contributed by atoms with E-state index in [0.717, 1.165) is 0 Å².